The Labute approximate surface area is 158 Å². The quantitative estimate of drug-likeness (QED) is 0.883. The first-order valence-electron chi connectivity index (χ1n) is 9.25. The van der Waals surface area contributed by atoms with Gasteiger partial charge in [0.25, 0.3) is 0 Å². The van der Waals surface area contributed by atoms with Gasteiger partial charge in [0.15, 0.2) is 5.13 Å². The molecule has 0 aliphatic carbocycles. The summed E-state index contributed by atoms with van der Waals surface area (Å²) in [6.07, 6.45) is 6.57. The zero-order valence-electron chi connectivity index (χ0n) is 15.4. The Hall–Kier alpha value is -1.77. The van der Waals surface area contributed by atoms with E-state index in [-0.39, 0.29) is 11.8 Å². The molecule has 4 heterocycles. The van der Waals surface area contributed by atoms with Crippen LogP contribution in [-0.2, 0) is 31.4 Å². The molecule has 0 spiro atoms. The molecule has 7 nitrogen and oxygen atoms in total. The van der Waals surface area contributed by atoms with E-state index < -0.39 is 0 Å². The van der Waals surface area contributed by atoms with Gasteiger partial charge in [-0.1, -0.05) is 0 Å². The van der Waals surface area contributed by atoms with Gasteiger partial charge in [-0.05, 0) is 33.0 Å². The molecule has 1 amide bonds. The number of thiazole rings is 1. The maximum atomic E-state index is 12.6. The van der Waals surface area contributed by atoms with E-state index in [1.54, 1.807) is 11.3 Å². The average Bonchev–Trinajstić information content (AvgIpc) is 3.21. The summed E-state index contributed by atoms with van der Waals surface area (Å²) >= 11 is 1.63. The number of aromatic nitrogens is 3. The van der Waals surface area contributed by atoms with E-state index in [1.807, 2.05) is 19.4 Å². The Kier molecular flexibility index (Phi) is 5.06. The minimum Gasteiger partial charge on any atom is -0.337 e. The van der Waals surface area contributed by atoms with E-state index in [1.165, 1.54) is 4.88 Å². The number of aryl methyl sites for hydroxylation is 1. The molecule has 0 radical (unpaired) electrons. The SMILES string of the molecule is CN1CCc2nc(NC(=O)C3CCN(Cc4nccn4C)CC3)sc2C1. The number of piperidine rings is 1. The van der Waals surface area contributed by atoms with Crippen molar-refractivity contribution < 1.29 is 4.79 Å². The number of nitrogens with one attached hydrogen (secondary N) is 1. The molecule has 2 aliphatic heterocycles. The van der Waals surface area contributed by atoms with Crippen LogP contribution < -0.4 is 5.32 Å². The summed E-state index contributed by atoms with van der Waals surface area (Å²) in [6.45, 7) is 4.70. The summed E-state index contributed by atoms with van der Waals surface area (Å²) < 4.78 is 2.06. The second kappa shape index (κ2) is 7.46. The molecular formula is C18H26N6OS. The molecule has 0 bridgehead atoms. The molecule has 1 N–H and O–H groups in total. The lowest BCUT2D eigenvalue weighted by Gasteiger charge is -2.30. The summed E-state index contributed by atoms with van der Waals surface area (Å²) in [6, 6.07) is 0. The number of carbonyl (C=O) groups excluding carboxylic acids is 1. The molecule has 2 aliphatic rings. The number of rotatable bonds is 4. The summed E-state index contributed by atoms with van der Waals surface area (Å²) in [7, 11) is 4.15. The second-order valence-electron chi connectivity index (χ2n) is 7.37. The predicted octanol–water partition coefficient (Wildman–Crippen LogP) is 1.72. The fourth-order valence-corrected chi connectivity index (χ4v) is 4.78. The van der Waals surface area contributed by atoms with E-state index in [2.05, 4.69) is 36.7 Å². The molecule has 0 unspecified atom stereocenters. The highest BCUT2D eigenvalue weighted by Crippen LogP contribution is 2.29. The number of amides is 1. The van der Waals surface area contributed by atoms with Crippen LogP contribution in [0.25, 0.3) is 0 Å². The monoisotopic (exact) mass is 374 g/mol. The molecule has 0 atom stereocenters. The number of carbonyl (C=O) groups is 1. The van der Waals surface area contributed by atoms with Gasteiger partial charge < -0.3 is 14.8 Å². The summed E-state index contributed by atoms with van der Waals surface area (Å²) in [5, 5.41) is 3.84. The minimum atomic E-state index is 0.0798. The Balaban J connectivity index is 1.29. The lowest BCUT2D eigenvalue weighted by molar-refractivity contribution is -0.121. The zero-order valence-corrected chi connectivity index (χ0v) is 16.3. The van der Waals surface area contributed by atoms with E-state index in [9.17, 15) is 4.79 Å². The van der Waals surface area contributed by atoms with E-state index in [0.717, 1.165) is 68.6 Å². The number of likely N-dealkylation sites (N-methyl/N-ethyl adjacent to an activating group) is 1. The molecule has 1 saturated heterocycles. The first-order valence-corrected chi connectivity index (χ1v) is 10.1. The van der Waals surface area contributed by atoms with E-state index in [4.69, 9.17) is 0 Å². The summed E-state index contributed by atoms with van der Waals surface area (Å²) in [5.41, 5.74) is 1.16. The third-order valence-corrected chi connectivity index (χ3v) is 6.39. The molecule has 26 heavy (non-hydrogen) atoms. The molecule has 140 valence electrons. The normalized spacial score (nSPS) is 19.5. The van der Waals surface area contributed by atoms with Crippen LogP contribution in [0.2, 0.25) is 0 Å². The van der Waals surface area contributed by atoms with Crippen LogP contribution in [0.4, 0.5) is 5.13 Å². The van der Waals surface area contributed by atoms with E-state index in [0.29, 0.717) is 0 Å². The van der Waals surface area contributed by atoms with Crippen molar-refractivity contribution in [2.75, 3.05) is 32.0 Å². The van der Waals surface area contributed by atoms with E-state index >= 15 is 0 Å². The summed E-state index contributed by atoms with van der Waals surface area (Å²) in [5.74, 6) is 1.28. The molecule has 0 aromatic carbocycles. The second-order valence-corrected chi connectivity index (χ2v) is 8.45. The first kappa shape index (κ1) is 17.6. The predicted molar refractivity (Wildman–Crippen MR) is 102 cm³/mol. The molecule has 2 aromatic rings. The number of likely N-dealkylation sites (tertiary alicyclic amines) is 1. The van der Waals surface area contributed by atoms with Crippen molar-refractivity contribution >= 4 is 22.4 Å². The van der Waals surface area contributed by atoms with Crippen molar-refractivity contribution in [1.82, 2.24) is 24.3 Å². The van der Waals surface area contributed by atoms with Crippen LogP contribution in [0.3, 0.4) is 0 Å². The van der Waals surface area contributed by atoms with Crippen LogP contribution in [0, 0.1) is 5.92 Å². The van der Waals surface area contributed by atoms with Gasteiger partial charge in [0.05, 0.1) is 12.2 Å². The van der Waals surface area contributed by atoms with Gasteiger partial charge in [-0.25, -0.2) is 9.97 Å². The Morgan fingerprint density at radius 2 is 2.12 bits per heavy atom. The highest BCUT2D eigenvalue weighted by Gasteiger charge is 2.27. The number of hydrogen-bond donors (Lipinski definition) is 1. The van der Waals surface area contributed by atoms with Gasteiger partial charge in [-0.2, -0.15) is 0 Å². The van der Waals surface area contributed by atoms with Crippen LogP contribution in [0.5, 0.6) is 0 Å². The number of anilines is 1. The molecular weight excluding hydrogens is 348 g/mol. The van der Waals surface area contributed by atoms with Crippen LogP contribution in [0.15, 0.2) is 12.4 Å². The topological polar surface area (TPSA) is 66.3 Å². The van der Waals surface area contributed by atoms with Crippen LogP contribution in [-0.4, -0.2) is 56.9 Å². The lowest BCUT2D eigenvalue weighted by atomic mass is 9.96. The van der Waals surface area contributed by atoms with Gasteiger partial charge in [0.2, 0.25) is 5.91 Å². The van der Waals surface area contributed by atoms with Crippen LogP contribution in [0.1, 0.15) is 29.2 Å². The van der Waals surface area contributed by atoms with Crippen molar-refractivity contribution in [2.45, 2.75) is 32.4 Å². The van der Waals surface area contributed by atoms with Gasteiger partial charge in [0, 0.05) is 49.7 Å². The zero-order chi connectivity index (χ0) is 18.1. The standard InChI is InChI=1S/C18H26N6OS/c1-22-7-5-14-15(11-22)26-18(20-14)21-17(25)13-3-8-24(9-4-13)12-16-19-6-10-23(16)2/h6,10,13H,3-5,7-9,11-12H2,1-2H3,(H,20,21,25). The van der Waals surface area contributed by atoms with Gasteiger partial charge in [0.1, 0.15) is 5.82 Å². The van der Waals surface area contributed by atoms with Crippen LogP contribution >= 0.6 is 11.3 Å². The molecule has 1 fully saturated rings. The number of nitrogens with zero attached hydrogens (tertiary/aromatic N) is 5. The lowest BCUT2D eigenvalue weighted by Crippen LogP contribution is -2.38. The Morgan fingerprint density at radius 3 is 2.85 bits per heavy atom. The fourth-order valence-electron chi connectivity index (χ4n) is 3.69. The Morgan fingerprint density at radius 1 is 1.31 bits per heavy atom. The minimum absolute atomic E-state index is 0.0798. The third kappa shape index (κ3) is 3.82. The van der Waals surface area contributed by atoms with Crippen molar-refractivity contribution in [3.8, 4) is 0 Å². The summed E-state index contributed by atoms with van der Waals surface area (Å²) in [4.78, 5) is 27.6. The number of imidazole rings is 1. The van der Waals surface area contributed by atoms with Gasteiger partial charge in [-0.3, -0.25) is 9.69 Å². The smallest absolute Gasteiger partial charge is 0.229 e. The highest BCUT2D eigenvalue weighted by molar-refractivity contribution is 7.15. The number of fused-ring (bicyclic) bond motifs is 1. The largest absolute Gasteiger partial charge is 0.337 e. The van der Waals surface area contributed by atoms with Gasteiger partial charge in [-0.15, -0.1) is 11.3 Å². The van der Waals surface area contributed by atoms with Gasteiger partial charge >= 0.3 is 0 Å². The van der Waals surface area contributed by atoms with Crippen molar-refractivity contribution in [3.63, 3.8) is 0 Å². The molecule has 8 heteroatoms. The molecule has 4 rings (SSSR count). The fraction of sp³-hybridized carbons (Fsp3) is 0.611. The highest BCUT2D eigenvalue weighted by atomic mass is 32.1. The number of hydrogen-bond acceptors (Lipinski definition) is 6. The third-order valence-electron chi connectivity index (χ3n) is 5.40. The average molecular weight is 375 g/mol. The van der Waals surface area contributed by atoms with Crippen molar-refractivity contribution in [2.24, 2.45) is 13.0 Å². The maximum absolute atomic E-state index is 12.6. The van der Waals surface area contributed by atoms with Crippen molar-refractivity contribution in [1.29, 1.82) is 0 Å². The molecule has 2 aromatic heterocycles. The maximum Gasteiger partial charge on any atom is 0.229 e. The molecule has 0 saturated carbocycles. The Bertz CT molecular complexity index is 776. The first-order chi connectivity index (χ1) is 12.6. The van der Waals surface area contributed by atoms with Crippen molar-refractivity contribution in [3.05, 3.63) is 28.8 Å².